The Morgan fingerprint density at radius 3 is 2.43 bits per heavy atom. The standard InChI is InChI=1S/C24H22N2O4/c1-17-21(25-23(30-17)19-7-3-2-4-8-19)13-16-29-20-11-9-18(10-12-20)22(24(27)28)26-14-5-6-15-26/h2-12,14-15,22H,13,16H2,1H3,(H,27,28)/t22-/m0/s1. The molecule has 4 aromatic rings. The normalized spacial score (nSPS) is 11.9. The molecule has 0 unspecified atom stereocenters. The zero-order chi connectivity index (χ0) is 20.9. The fourth-order valence-corrected chi connectivity index (χ4v) is 3.34. The van der Waals surface area contributed by atoms with Gasteiger partial charge >= 0.3 is 5.97 Å². The van der Waals surface area contributed by atoms with Crippen molar-refractivity contribution in [2.24, 2.45) is 0 Å². The number of aromatic nitrogens is 2. The summed E-state index contributed by atoms with van der Waals surface area (Å²) in [6.07, 6.45) is 4.10. The van der Waals surface area contributed by atoms with Gasteiger partial charge in [-0.2, -0.15) is 0 Å². The first-order valence-electron chi connectivity index (χ1n) is 9.71. The molecule has 0 amide bonds. The van der Waals surface area contributed by atoms with Crippen LogP contribution in [0.25, 0.3) is 11.5 Å². The van der Waals surface area contributed by atoms with Crippen LogP contribution in [0.1, 0.15) is 23.1 Å². The summed E-state index contributed by atoms with van der Waals surface area (Å²) in [7, 11) is 0. The highest BCUT2D eigenvalue weighted by atomic mass is 16.5. The molecule has 1 atom stereocenters. The number of carboxylic acid groups (broad SMARTS) is 1. The minimum Gasteiger partial charge on any atom is -0.493 e. The Kier molecular flexibility index (Phi) is 5.66. The maximum absolute atomic E-state index is 11.7. The van der Waals surface area contributed by atoms with Crippen molar-refractivity contribution in [1.82, 2.24) is 9.55 Å². The highest BCUT2D eigenvalue weighted by Crippen LogP contribution is 2.24. The summed E-state index contributed by atoms with van der Waals surface area (Å²) >= 11 is 0. The van der Waals surface area contributed by atoms with E-state index in [0.29, 0.717) is 30.2 Å². The average Bonchev–Trinajstić information content (AvgIpc) is 3.40. The first-order chi connectivity index (χ1) is 14.6. The molecule has 2 aromatic carbocycles. The number of benzene rings is 2. The summed E-state index contributed by atoms with van der Waals surface area (Å²) in [6, 6.07) is 19.8. The molecule has 4 rings (SSSR count). The number of ether oxygens (including phenoxy) is 1. The molecule has 0 aliphatic heterocycles. The molecule has 0 fully saturated rings. The van der Waals surface area contributed by atoms with Crippen molar-refractivity contribution in [3.05, 3.63) is 96.1 Å². The number of oxazole rings is 1. The molecule has 6 heteroatoms. The molecule has 1 N–H and O–H groups in total. The number of aryl methyl sites for hydroxylation is 1. The zero-order valence-corrected chi connectivity index (χ0v) is 16.6. The number of aliphatic carboxylic acids is 1. The summed E-state index contributed by atoms with van der Waals surface area (Å²) in [6.45, 7) is 2.35. The van der Waals surface area contributed by atoms with E-state index in [9.17, 15) is 9.90 Å². The van der Waals surface area contributed by atoms with E-state index in [1.54, 1.807) is 41.2 Å². The lowest BCUT2D eigenvalue weighted by atomic mass is 10.1. The van der Waals surface area contributed by atoms with Gasteiger partial charge in [0.05, 0.1) is 12.3 Å². The van der Waals surface area contributed by atoms with Crippen LogP contribution < -0.4 is 4.74 Å². The van der Waals surface area contributed by atoms with Gasteiger partial charge in [0.15, 0.2) is 6.04 Å². The van der Waals surface area contributed by atoms with E-state index in [1.165, 1.54) is 0 Å². The van der Waals surface area contributed by atoms with Crippen LogP contribution >= 0.6 is 0 Å². The van der Waals surface area contributed by atoms with E-state index in [4.69, 9.17) is 9.15 Å². The molecule has 0 radical (unpaired) electrons. The number of hydrogen-bond donors (Lipinski definition) is 1. The van der Waals surface area contributed by atoms with Crippen molar-refractivity contribution >= 4 is 5.97 Å². The topological polar surface area (TPSA) is 77.5 Å². The third-order valence-electron chi connectivity index (χ3n) is 4.88. The Labute approximate surface area is 174 Å². The predicted molar refractivity (Wildman–Crippen MR) is 113 cm³/mol. The van der Waals surface area contributed by atoms with Crippen molar-refractivity contribution < 1.29 is 19.1 Å². The molecule has 2 heterocycles. The summed E-state index contributed by atoms with van der Waals surface area (Å²) in [5.41, 5.74) is 2.49. The maximum atomic E-state index is 11.7. The van der Waals surface area contributed by atoms with Crippen LogP contribution in [-0.4, -0.2) is 27.2 Å². The van der Waals surface area contributed by atoms with Gasteiger partial charge in [-0.25, -0.2) is 9.78 Å². The molecule has 152 valence electrons. The van der Waals surface area contributed by atoms with E-state index < -0.39 is 12.0 Å². The molecule has 0 spiro atoms. The van der Waals surface area contributed by atoms with E-state index >= 15 is 0 Å². The van der Waals surface area contributed by atoms with Crippen LogP contribution in [0.3, 0.4) is 0 Å². The average molecular weight is 402 g/mol. The van der Waals surface area contributed by atoms with Gasteiger partial charge in [-0.3, -0.25) is 0 Å². The first-order valence-corrected chi connectivity index (χ1v) is 9.71. The number of carbonyl (C=O) groups is 1. The van der Waals surface area contributed by atoms with Crippen LogP contribution in [0.4, 0.5) is 0 Å². The number of hydrogen-bond acceptors (Lipinski definition) is 4. The van der Waals surface area contributed by atoms with Crippen molar-refractivity contribution in [3.63, 3.8) is 0 Å². The molecule has 0 aliphatic rings. The van der Waals surface area contributed by atoms with Gasteiger partial charge < -0.3 is 18.8 Å². The van der Waals surface area contributed by atoms with Gasteiger partial charge in [0.25, 0.3) is 0 Å². The van der Waals surface area contributed by atoms with Crippen LogP contribution in [-0.2, 0) is 11.2 Å². The maximum Gasteiger partial charge on any atom is 0.331 e. The fourth-order valence-electron chi connectivity index (χ4n) is 3.34. The van der Waals surface area contributed by atoms with Gasteiger partial charge in [0, 0.05) is 24.4 Å². The fraction of sp³-hybridized carbons (Fsp3) is 0.167. The van der Waals surface area contributed by atoms with Crippen LogP contribution in [0.5, 0.6) is 5.75 Å². The quantitative estimate of drug-likeness (QED) is 0.460. The second-order valence-corrected chi connectivity index (χ2v) is 6.93. The molecular formula is C24H22N2O4. The molecule has 2 aromatic heterocycles. The van der Waals surface area contributed by atoms with Crippen LogP contribution in [0, 0.1) is 6.92 Å². The van der Waals surface area contributed by atoms with Crippen LogP contribution in [0.15, 0.2) is 83.5 Å². The second-order valence-electron chi connectivity index (χ2n) is 6.93. The Bertz CT molecular complexity index is 1100. The Morgan fingerprint density at radius 2 is 1.77 bits per heavy atom. The molecule has 0 bridgehead atoms. The minimum absolute atomic E-state index is 0.445. The lowest BCUT2D eigenvalue weighted by Crippen LogP contribution is -2.18. The van der Waals surface area contributed by atoms with E-state index in [-0.39, 0.29) is 0 Å². The third kappa shape index (κ3) is 4.27. The summed E-state index contributed by atoms with van der Waals surface area (Å²) in [5, 5.41) is 9.58. The van der Waals surface area contributed by atoms with Crippen molar-refractivity contribution in [2.45, 2.75) is 19.4 Å². The van der Waals surface area contributed by atoms with Crippen molar-refractivity contribution in [1.29, 1.82) is 0 Å². The van der Waals surface area contributed by atoms with E-state index in [2.05, 4.69) is 4.98 Å². The van der Waals surface area contributed by atoms with Gasteiger partial charge in [-0.15, -0.1) is 0 Å². The molecule has 30 heavy (non-hydrogen) atoms. The Balaban J connectivity index is 1.38. The molecule has 0 saturated carbocycles. The highest BCUT2D eigenvalue weighted by molar-refractivity contribution is 5.76. The molecular weight excluding hydrogens is 380 g/mol. The lowest BCUT2D eigenvalue weighted by Gasteiger charge is -2.15. The molecule has 0 aliphatic carbocycles. The lowest BCUT2D eigenvalue weighted by molar-refractivity contribution is -0.139. The second kappa shape index (κ2) is 8.69. The van der Waals surface area contributed by atoms with Gasteiger partial charge in [0.1, 0.15) is 11.5 Å². The first kappa shape index (κ1) is 19.5. The van der Waals surface area contributed by atoms with E-state index in [0.717, 1.165) is 17.0 Å². The summed E-state index contributed by atoms with van der Waals surface area (Å²) < 4.78 is 13.3. The number of rotatable bonds is 8. The SMILES string of the molecule is Cc1oc(-c2ccccc2)nc1CCOc1ccc([C@@H](C(=O)O)n2cccc2)cc1. The van der Waals surface area contributed by atoms with Gasteiger partial charge in [0.2, 0.25) is 5.89 Å². The third-order valence-corrected chi connectivity index (χ3v) is 4.88. The molecule has 6 nitrogen and oxygen atoms in total. The van der Waals surface area contributed by atoms with E-state index in [1.807, 2.05) is 49.4 Å². The van der Waals surface area contributed by atoms with Crippen molar-refractivity contribution in [2.75, 3.05) is 6.61 Å². The summed E-state index contributed by atoms with van der Waals surface area (Å²) in [4.78, 5) is 16.3. The largest absolute Gasteiger partial charge is 0.493 e. The highest BCUT2D eigenvalue weighted by Gasteiger charge is 2.20. The Hall–Kier alpha value is -3.80. The van der Waals surface area contributed by atoms with Gasteiger partial charge in [-0.1, -0.05) is 30.3 Å². The molecule has 0 saturated heterocycles. The van der Waals surface area contributed by atoms with Gasteiger partial charge in [-0.05, 0) is 48.9 Å². The minimum atomic E-state index is -0.907. The monoisotopic (exact) mass is 402 g/mol. The predicted octanol–water partition coefficient (Wildman–Crippen LogP) is 4.75. The summed E-state index contributed by atoms with van der Waals surface area (Å²) in [5.74, 6) is 1.16. The smallest absolute Gasteiger partial charge is 0.331 e. The van der Waals surface area contributed by atoms with Crippen molar-refractivity contribution in [3.8, 4) is 17.2 Å². The Morgan fingerprint density at radius 1 is 1.07 bits per heavy atom. The number of nitrogens with zero attached hydrogens (tertiary/aromatic N) is 2. The zero-order valence-electron chi connectivity index (χ0n) is 16.6. The number of carboxylic acids is 1. The van der Waals surface area contributed by atoms with Crippen LogP contribution in [0.2, 0.25) is 0 Å².